The normalized spacial score (nSPS) is 10.9. The van der Waals surface area contributed by atoms with Crippen molar-refractivity contribution in [1.82, 2.24) is 30.5 Å². The third kappa shape index (κ3) is 15.3. The second-order valence-electron chi connectivity index (χ2n) is 11.4. The molecule has 0 bridgehead atoms. The minimum atomic E-state index is 0. The molecule has 0 aliphatic heterocycles. The lowest BCUT2D eigenvalue weighted by molar-refractivity contribution is 0.357. The van der Waals surface area contributed by atoms with Gasteiger partial charge in [-0.25, -0.2) is 0 Å². The van der Waals surface area contributed by atoms with Gasteiger partial charge < -0.3 is 8.94 Å². The van der Waals surface area contributed by atoms with E-state index >= 15 is 0 Å². The van der Waals surface area contributed by atoms with Crippen molar-refractivity contribution in [3.63, 3.8) is 0 Å². The molecule has 0 aliphatic carbocycles. The highest BCUT2D eigenvalue weighted by Crippen LogP contribution is 2.20. The zero-order valence-electron chi connectivity index (χ0n) is 24.5. The molecule has 0 spiro atoms. The monoisotopic (exact) mass is 552 g/mol. The summed E-state index contributed by atoms with van der Waals surface area (Å²) in [4.78, 5) is 4.27. The van der Waals surface area contributed by atoms with Crippen LogP contribution in [0.1, 0.15) is 149 Å². The van der Waals surface area contributed by atoms with E-state index in [-0.39, 0.29) is 14.9 Å². The fourth-order valence-electron chi connectivity index (χ4n) is 2.80. The molecule has 3 aromatic heterocycles. The van der Waals surface area contributed by atoms with Gasteiger partial charge in [-0.15, -0.1) is 31.7 Å². The van der Waals surface area contributed by atoms with Crippen LogP contribution >= 0.6 is 11.3 Å². The Bertz CT molecular complexity index is 849. The molecule has 0 aliphatic rings. The van der Waals surface area contributed by atoms with E-state index in [1.54, 1.807) is 11.3 Å². The lowest BCUT2D eigenvalue weighted by atomic mass is 10.1. The van der Waals surface area contributed by atoms with E-state index in [1.807, 2.05) is 13.8 Å². The Balaban J connectivity index is 0. The Labute approximate surface area is 236 Å². The largest absolute Gasteiger partial charge is 0.425 e. The zero-order chi connectivity index (χ0) is 27.4. The summed E-state index contributed by atoms with van der Waals surface area (Å²) in [5, 5.41) is 22.4. The number of hydrogen-bond donors (Lipinski definition) is 0. The molecule has 0 radical (unpaired) electrons. The molecule has 0 atom stereocenters. The molecule has 3 heterocycles. The Morgan fingerprint density at radius 2 is 1.16 bits per heavy atom. The summed E-state index contributed by atoms with van der Waals surface area (Å²) in [6.45, 7) is 25.5. The highest BCUT2D eigenvalue weighted by molar-refractivity contribution is 7.11. The molecule has 3 aromatic rings. The first-order chi connectivity index (χ1) is 16.8. The molecule has 8 nitrogen and oxygen atoms in total. The maximum atomic E-state index is 5.43. The summed E-state index contributed by atoms with van der Waals surface area (Å²) in [6.07, 6.45) is 2.81. The van der Waals surface area contributed by atoms with Gasteiger partial charge in [-0.3, -0.25) is 0 Å². The summed E-state index contributed by atoms with van der Waals surface area (Å²) in [7, 11) is 0. The summed E-state index contributed by atoms with van der Waals surface area (Å²) in [5.41, 5.74) is 0. The van der Waals surface area contributed by atoms with Crippen LogP contribution in [-0.2, 0) is 19.3 Å². The van der Waals surface area contributed by atoms with Crippen LogP contribution in [0.15, 0.2) is 8.94 Å². The fraction of sp³-hybridized carbons (Fsp3) is 0.793. The molecule has 3 rings (SSSR count). The minimum Gasteiger partial charge on any atom is -0.425 e. The minimum absolute atomic E-state index is 0. The first-order valence-electron chi connectivity index (χ1n) is 13.2. The average molecular weight is 553 g/mol. The molecule has 9 heteroatoms. The molecule has 0 amide bonds. The van der Waals surface area contributed by atoms with Crippen molar-refractivity contribution in [2.75, 3.05) is 0 Å². The molecular weight excluding hydrogens is 496 g/mol. The van der Waals surface area contributed by atoms with Crippen LogP contribution in [0.4, 0.5) is 0 Å². The van der Waals surface area contributed by atoms with Crippen LogP contribution in [0.3, 0.4) is 0 Å². The molecule has 0 saturated heterocycles. The fourth-order valence-corrected chi connectivity index (χ4v) is 3.86. The van der Waals surface area contributed by atoms with Crippen molar-refractivity contribution in [3.8, 4) is 0 Å². The number of rotatable bonds is 9. The quantitative estimate of drug-likeness (QED) is 0.259. The second kappa shape index (κ2) is 19.0. The van der Waals surface area contributed by atoms with Gasteiger partial charge in [0.15, 0.2) is 5.82 Å². The van der Waals surface area contributed by atoms with Gasteiger partial charge in [0.25, 0.3) is 0 Å². The van der Waals surface area contributed by atoms with Gasteiger partial charge in [0.2, 0.25) is 17.7 Å². The van der Waals surface area contributed by atoms with Crippen LogP contribution in [0.5, 0.6) is 0 Å². The first-order valence-corrected chi connectivity index (χ1v) is 14.1. The molecule has 0 saturated carbocycles. The molecular formula is C29H56N6O2S. The first kappa shape index (κ1) is 38.0. The Kier molecular flexibility index (Phi) is 19.0. The van der Waals surface area contributed by atoms with Gasteiger partial charge in [-0.1, -0.05) is 103 Å². The van der Waals surface area contributed by atoms with Gasteiger partial charge in [0.1, 0.15) is 10.0 Å². The number of aromatic nitrogens is 6. The van der Waals surface area contributed by atoms with Gasteiger partial charge in [-0.2, -0.15) is 4.98 Å². The van der Waals surface area contributed by atoms with Crippen molar-refractivity contribution in [2.45, 2.75) is 135 Å². The molecule has 0 aromatic carbocycles. The van der Waals surface area contributed by atoms with E-state index in [4.69, 9.17) is 8.94 Å². The summed E-state index contributed by atoms with van der Waals surface area (Å²) < 4.78 is 10.5. The standard InChI is InChI=1S/2C9H16N2O.C9H16N2S.2CH4/c1-6(2)5-8-10-11-9(12-8)7(3)4;1-6(2)5-8-10-9(7(3)4)11-12-8;1-6(2)5-8-10-11-9(12-8)7(3)4;;/h3*6-7H,5H2,1-4H3;2*1H4. The van der Waals surface area contributed by atoms with Crippen molar-refractivity contribution >= 4 is 11.3 Å². The zero-order valence-corrected chi connectivity index (χ0v) is 25.3. The molecule has 38 heavy (non-hydrogen) atoms. The van der Waals surface area contributed by atoms with E-state index in [2.05, 4.69) is 99.8 Å². The van der Waals surface area contributed by atoms with Crippen LogP contribution < -0.4 is 0 Å². The number of nitrogens with zero attached hydrogens (tertiary/aromatic N) is 6. The maximum absolute atomic E-state index is 5.43. The van der Waals surface area contributed by atoms with Crippen molar-refractivity contribution in [3.05, 3.63) is 33.5 Å². The van der Waals surface area contributed by atoms with Crippen LogP contribution in [-0.4, -0.2) is 30.5 Å². The van der Waals surface area contributed by atoms with Crippen molar-refractivity contribution in [2.24, 2.45) is 17.8 Å². The summed E-state index contributed by atoms with van der Waals surface area (Å²) >= 11 is 1.75. The predicted molar refractivity (Wildman–Crippen MR) is 160 cm³/mol. The third-order valence-electron chi connectivity index (χ3n) is 4.70. The van der Waals surface area contributed by atoms with Gasteiger partial charge in [-0.05, 0) is 17.8 Å². The maximum Gasteiger partial charge on any atom is 0.226 e. The smallest absolute Gasteiger partial charge is 0.226 e. The highest BCUT2D eigenvalue weighted by atomic mass is 32.1. The van der Waals surface area contributed by atoms with Crippen LogP contribution in [0.25, 0.3) is 0 Å². The Hall–Kier alpha value is -2.16. The second-order valence-corrected chi connectivity index (χ2v) is 12.5. The number of hydrogen-bond acceptors (Lipinski definition) is 9. The molecule has 220 valence electrons. The Morgan fingerprint density at radius 3 is 1.55 bits per heavy atom. The van der Waals surface area contributed by atoms with Crippen molar-refractivity contribution < 1.29 is 8.94 Å². The van der Waals surface area contributed by atoms with E-state index in [9.17, 15) is 0 Å². The SMILES string of the molecule is C.C.CC(C)Cc1nc(C(C)C)no1.CC(C)Cc1nnc(C(C)C)o1.CC(C)Cc1nnc(C(C)C)s1. The lowest BCUT2D eigenvalue weighted by Crippen LogP contribution is -1.95. The highest BCUT2D eigenvalue weighted by Gasteiger charge is 2.11. The van der Waals surface area contributed by atoms with Crippen molar-refractivity contribution in [1.29, 1.82) is 0 Å². The summed E-state index contributed by atoms with van der Waals surface area (Å²) in [6, 6.07) is 0. The molecule has 0 fully saturated rings. The molecule has 0 N–H and O–H groups in total. The van der Waals surface area contributed by atoms with Crippen LogP contribution in [0, 0.1) is 17.8 Å². The van der Waals surface area contributed by atoms with Gasteiger partial charge in [0.05, 0.1) is 0 Å². The van der Waals surface area contributed by atoms with Gasteiger partial charge >= 0.3 is 0 Å². The topological polar surface area (TPSA) is 104 Å². The lowest BCUT2D eigenvalue weighted by Gasteiger charge is -1.98. The van der Waals surface area contributed by atoms with E-state index in [0.29, 0.717) is 35.5 Å². The third-order valence-corrected chi connectivity index (χ3v) is 5.95. The van der Waals surface area contributed by atoms with E-state index in [0.717, 1.165) is 47.8 Å². The van der Waals surface area contributed by atoms with Crippen LogP contribution in [0.2, 0.25) is 0 Å². The molecule has 0 unspecified atom stereocenters. The van der Waals surface area contributed by atoms with Gasteiger partial charge in [0, 0.05) is 37.0 Å². The summed E-state index contributed by atoms with van der Waals surface area (Å²) in [5.74, 6) is 6.10. The van der Waals surface area contributed by atoms with E-state index in [1.165, 1.54) is 5.01 Å². The van der Waals surface area contributed by atoms with E-state index < -0.39 is 0 Å². The predicted octanol–water partition coefficient (Wildman–Crippen LogP) is 8.92. The Morgan fingerprint density at radius 1 is 0.605 bits per heavy atom. The average Bonchev–Trinajstić information content (AvgIpc) is 3.49.